The van der Waals surface area contributed by atoms with Gasteiger partial charge in [0.15, 0.2) is 11.5 Å². The lowest BCUT2D eigenvalue weighted by Crippen LogP contribution is -2.18. The molecule has 3 N–H and O–H groups in total. The maximum absolute atomic E-state index is 12.4. The van der Waals surface area contributed by atoms with Crippen molar-refractivity contribution in [3.63, 3.8) is 0 Å². The molecule has 0 saturated heterocycles. The number of esters is 1. The summed E-state index contributed by atoms with van der Waals surface area (Å²) in [5.74, 6) is -0.683. The van der Waals surface area contributed by atoms with Gasteiger partial charge in [-0.1, -0.05) is 38.5 Å². The van der Waals surface area contributed by atoms with Gasteiger partial charge in [0.1, 0.15) is 17.3 Å². The summed E-state index contributed by atoms with van der Waals surface area (Å²) in [6, 6.07) is 11.1. The lowest BCUT2D eigenvalue weighted by atomic mass is 10.1. The topological polar surface area (TPSA) is 125 Å². The number of hydrogen-bond acceptors (Lipinski definition) is 7. The van der Waals surface area contributed by atoms with E-state index >= 15 is 0 Å². The maximum Gasteiger partial charge on any atom is 0.338 e. The Balaban J connectivity index is 2.51. The van der Waals surface area contributed by atoms with Crippen molar-refractivity contribution in [1.82, 2.24) is 0 Å². The van der Waals surface area contributed by atoms with Crippen molar-refractivity contribution in [3.8, 4) is 11.5 Å². The van der Waals surface area contributed by atoms with Crippen LogP contribution in [0.3, 0.4) is 0 Å². The third-order valence-corrected chi connectivity index (χ3v) is 5.08. The molecule has 0 aliphatic rings. The molecule has 0 aliphatic heterocycles. The predicted molar refractivity (Wildman–Crippen MR) is 113 cm³/mol. The number of unbranched alkanes of at least 4 members (excludes halogenated alkanes) is 1. The third-order valence-electron chi connectivity index (χ3n) is 4.16. The molecule has 0 heterocycles. The maximum atomic E-state index is 12.4. The Hall–Kier alpha value is -2.91. The van der Waals surface area contributed by atoms with Gasteiger partial charge in [0, 0.05) is 13.0 Å². The van der Waals surface area contributed by atoms with E-state index in [1.807, 2.05) is 6.92 Å². The number of para-hydroxylation sites is 1. The first-order chi connectivity index (χ1) is 14.3. The Kier molecular flexibility index (Phi) is 8.37. The fourth-order valence-corrected chi connectivity index (χ4v) is 3.21. The van der Waals surface area contributed by atoms with Crippen LogP contribution in [0, 0.1) is 0 Å². The molecule has 0 radical (unpaired) electrons. The third kappa shape index (κ3) is 6.57. The number of carbonyl (C=O) groups excluding carboxylic acids is 2. The van der Waals surface area contributed by atoms with Crippen molar-refractivity contribution in [1.29, 1.82) is 0 Å². The first-order valence-electron chi connectivity index (χ1n) is 9.62. The van der Waals surface area contributed by atoms with Crippen LogP contribution in [0.4, 0.5) is 5.69 Å². The zero-order valence-electron chi connectivity index (χ0n) is 17.0. The van der Waals surface area contributed by atoms with E-state index in [0.717, 1.165) is 18.9 Å². The summed E-state index contributed by atoms with van der Waals surface area (Å²) in [5, 5.41) is 8.50. The number of anilines is 1. The molecule has 0 aliphatic carbocycles. The van der Waals surface area contributed by atoms with Gasteiger partial charge in [-0.05, 0) is 30.7 Å². The van der Waals surface area contributed by atoms with Crippen LogP contribution in [-0.2, 0) is 19.6 Å². The molecule has 30 heavy (non-hydrogen) atoms. The number of primary sulfonamides is 1. The second-order valence-corrected chi connectivity index (χ2v) is 8.09. The molecule has 162 valence electrons. The van der Waals surface area contributed by atoms with Gasteiger partial charge in [-0.3, -0.25) is 4.79 Å². The summed E-state index contributed by atoms with van der Waals surface area (Å²) in [6.07, 6.45) is 1.95. The number of Topliss-reactive ketones (excluding diaryl/α,β-unsaturated/α-hetero) is 1. The Morgan fingerprint density at radius 3 is 2.40 bits per heavy atom. The van der Waals surface area contributed by atoms with E-state index in [2.05, 4.69) is 5.32 Å². The molecule has 0 saturated carbocycles. The zero-order valence-corrected chi connectivity index (χ0v) is 17.8. The van der Waals surface area contributed by atoms with Gasteiger partial charge < -0.3 is 14.8 Å². The molecule has 2 rings (SSSR count). The van der Waals surface area contributed by atoms with Gasteiger partial charge in [-0.2, -0.15) is 0 Å². The summed E-state index contributed by atoms with van der Waals surface area (Å²) in [7, 11) is -4.24. The van der Waals surface area contributed by atoms with Crippen LogP contribution in [0.5, 0.6) is 11.5 Å². The molecule has 2 aromatic rings. The lowest BCUT2D eigenvalue weighted by molar-refractivity contribution is -0.121. The van der Waals surface area contributed by atoms with Crippen LogP contribution in [-0.4, -0.2) is 33.3 Å². The average Bonchev–Trinajstić information content (AvgIpc) is 2.72. The number of benzene rings is 2. The largest absolute Gasteiger partial charge is 0.454 e. The molecular weight excluding hydrogens is 408 g/mol. The molecule has 2 aromatic carbocycles. The molecular formula is C21H26N2O6S. The second-order valence-electron chi connectivity index (χ2n) is 6.56. The van der Waals surface area contributed by atoms with Gasteiger partial charge in [-0.15, -0.1) is 0 Å². The first kappa shape index (κ1) is 23.4. The molecule has 8 nitrogen and oxygen atoms in total. The highest BCUT2D eigenvalue weighted by atomic mass is 32.2. The number of ketones is 1. The fourth-order valence-electron chi connectivity index (χ4n) is 2.51. The van der Waals surface area contributed by atoms with E-state index in [9.17, 15) is 18.0 Å². The number of nitrogens with two attached hydrogens (primary N) is 1. The minimum absolute atomic E-state index is 0.0130. The number of carbonyl (C=O) groups is 2. The quantitative estimate of drug-likeness (QED) is 0.410. The molecule has 0 fully saturated rings. The summed E-state index contributed by atoms with van der Waals surface area (Å²) in [4.78, 5) is 23.5. The van der Waals surface area contributed by atoms with Crippen LogP contribution < -0.4 is 15.2 Å². The Morgan fingerprint density at radius 2 is 1.80 bits per heavy atom. The Labute approximate surface area is 176 Å². The normalized spacial score (nSPS) is 11.0. The number of nitrogens with one attached hydrogen (secondary N) is 1. The van der Waals surface area contributed by atoms with Crippen LogP contribution in [0.15, 0.2) is 47.4 Å². The van der Waals surface area contributed by atoms with E-state index in [4.69, 9.17) is 14.6 Å². The highest BCUT2D eigenvalue weighted by Crippen LogP contribution is 2.37. The Morgan fingerprint density at radius 1 is 1.10 bits per heavy atom. The second kappa shape index (κ2) is 10.7. The van der Waals surface area contributed by atoms with Crippen LogP contribution in [0.2, 0.25) is 0 Å². The van der Waals surface area contributed by atoms with Crippen LogP contribution >= 0.6 is 0 Å². The molecule has 9 heteroatoms. The van der Waals surface area contributed by atoms with Crippen LogP contribution in [0.1, 0.15) is 43.5 Å². The number of hydrogen-bond donors (Lipinski definition) is 2. The summed E-state index contributed by atoms with van der Waals surface area (Å²) >= 11 is 0. The molecule has 0 amide bonds. The smallest absolute Gasteiger partial charge is 0.338 e. The van der Waals surface area contributed by atoms with Crippen molar-refractivity contribution in [2.75, 3.05) is 18.5 Å². The number of ether oxygens (including phenoxy) is 2. The monoisotopic (exact) mass is 434 g/mol. The predicted octanol–water partition coefficient (Wildman–Crippen LogP) is 3.47. The lowest BCUT2D eigenvalue weighted by Gasteiger charge is -2.17. The first-order valence-corrected chi connectivity index (χ1v) is 11.2. The van der Waals surface area contributed by atoms with Gasteiger partial charge in [-0.25, -0.2) is 18.4 Å². The minimum Gasteiger partial charge on any atom is -0.454 e. The van der Waals surface area contributed by atoms with E-state index in [-0.39, 0.29) is 40.7 Å². The SMILES string of the molecule is CCCCNc1cc(C(=O)OCC(=O)CC)cc(S(N)(=O)=O)c1Oc1ccccc1. The fraction of sp³-hybridized carbons (Fsp3) is 0.333. The molecule has 0 bridgehead atoms. The van der Waals surface area contributed by atoms with Crippen molar-refractivity contribution < 1.29 is 27.5 Å². The highest BCUT2D eigenvalue weighted by molar-refractivity contribution is 7.89. The summed E-state index contributed by atoms with van der Waals surface area (Å²) < 4.78 is 35.4. The van der Waals surface area contributed by atoms with Gasteiger partial charge in [0.2, 0.25) is 10.0 Å². The summed E-state index contributed by atoms with van der Waals surface area (Å²) in [5.41, 5.74) is 0.231. The standard InChI is InChI=1S/C21H26N2O6S/c1-3-5-11-23-18-12-15(21(25)28-14-16(24)4-2)13-19(30(22,26)27)20(18)29-17-9-7-6-8-10-17/h6-10,12-13,23H,3-5,11,14H2,1-2H3,(H2,22,26,27). The molecule has 0 unspecified atom stereocenters. The van der Waals surface area contributed by atoms with E-state index in [0.29, 0.717) is 12.3 Å². The minimum atomic E-state index is -4.24. The molecule has 0 spiro atoms. The van der Waals surface area contributed by atoms with Crippen LogP contribution in [0.25, 0.3) is 0 Å². The highest BCUT2D eigenvalue weighted by Gasteiger charge is 2.24. The van der Waals surface area contributed by atoms with Gasteiger partial charge in [0.05, 0.1) is 11.3 Å². The van der Waals surface area contributed by atoms with Gasteiger partial charge in [0.25, 0.3) is 0 Å². The van der Waals surface area contributed by atoms with E-state index in [1.165, 1.54) is 6.07 Å². The summed E-state index contributed by atoms with van der Waals surface area (Å²) in [6.45, 7) is 3.80. The zero-order chi connectivity index (χ0) is 22.1. The number of sulfonamides is 1. The van der Waals surface area contributed by atoms with Crippen molar-refractivity contribution in [3.05, 3.63) is 48.0 Å². The van der Waals surface area contributed by atoms with Crippen molar-refractivity contribution in [2.24, 2.45) is 5.14 Å². The van der Waals surface area contributed by atoms with Crippen molar-refractivity contribution in [2.45, 2.75) is 38.0 Å². The van der Waals surface area contributed by atoms with Gasteiger partial charge >= 0.3 is 5.97 Å². The Bertz CT molecular complexity index is 990. The van der Waals surface area contributed by atoms with E-state index in [1.54, 1.807) is 37.3 Å². The molecule has 0 aromatic heterocycles. The van der Waals surface area contributed by atoms with Crippen molar-refractivity contribution >= 4 is 27.5 Å². The van der Waals surface area contributed by atoms with E-state index < -0.39 is 16.0 Å². The molecule has 0 atom stereocenters. The number of rotatable bonds is 11. The average molecular weight is 435 g/mol.